The molecule has 7 heteroatoms. The molecule has 0 saturated carbocycles. The van der Waals surface area contributed by atoms with Crippen LogP contribution in [0.3, 0.4) is 0 Å². The molecular weight excluding hydrogens is 411 g/mol. The fourth-order valence-corrected chi connectivity index (χ4v) is 5.30. The van der Waals surface area contributed by atoms with Crippen LogP contribution in [0.1, 0.15) is 56.8 Å². The molecule has 2 aliphatic rings. The number of benzene rings is 1. The number of piperidine rings is 1. The van der Waals surface area contributed by atoms with Gasteiger partial charge in [-0.25, -0.2) is 4.39 Å². The Morgan fingerprint density at radius 2 is 1.97 bits per heavy atom. The second-order valence-electron chi connectivity index (χ2n) is 8.69. The van der Waals surface area contributed by atoms with Crippen molar-refractivity contribution < 1.29 is 9.13 Å². The number of rotatable bonds is 8. The summed E-state index contributed by atoms with van der Waals surface area (Å²) in [5, 5.41) is 10.2. The third kappa shape index (κ3) is 5.96. The molecule has 1 aromatic heterocycles. The first-order chi connectivity index (χ1) is 15.1. The number of likely N-dealkylation sites (tertiary alicyclic amines) is 1. The van der Waals surface area contributed by atoms with Gasteiger partial charge in [0.1, 0.15) is 11.6 Å². The van der Waals surface area contributed by atoms with E-state index in [0.717, 1.165) is 80.8 Å². The van der Waals surface area contributed by atoms with Gasteiger partial charge in [0.2, 0.25) is 0 Å². The molecule has 0 amide bonds. The van der Waals surface area contributed by atoms with Crippen molar-refractivity contribution in [2.45, 2.75) is 69.0 Å². The summed E-state index contributed by atoms with van der Waals surface area (Å²) in [5.74, 6) is 2.11. The third-order valence-corrected chi connectivity index (χ3v) is 7.39. The van der Waals surface area contributed by atoms with Crippen molar-refractivity contribution in [1.82, 2.24) is 19.7 Å². The molecule has 2 saturated heterocycles. The minimum atomic E-state index is -0.200. The quantitative estimate of drug-likeness (QED) is 0.422. The molecule has 2 aliphatic heterocycles. The molecular formula is C24H33FN4OS. The van der Waals surface area contributed by atoms with Crippen LogP contribution in [0.4, 0.5) is 4.39 Å². The second kappa shape index (κ2) is 10.7. The van der Waals surface area contributed by atoms with Crippen molar-refractivity contribution in [3.05, 3.63) is 53.1 Å². The molecule has 2 aromatic rings. The zero-order valence-electron chi connectivity index (χ0n) is 18.6. The molecule has 0 radical (unpaired) electrons. The predicted octanol–water partition coefficient (Wildman–Crippen LogP) is 5.03. The van der Waals surface area contributed by atoms with E-state index < -0.39 is 0 Å². The summed E-state index contributed by atoms with van der Waals surface area (Å²) in [6.07, 6.45) is 6.91. The number of aromatic nitrogens is 3. The minimum absolute atomic E-state index is 0.200. The van der Waals surface area contributed by atoms with Crippen LogP contribution >= 0.6 is 11.8 Å². The highest BCUT2D eigenvalue weighted by atomic mass is 32.2. The topological polar surface area (TPSA) is 43.2 Å². The van der Waals surface area contributed by atoms with E-state index >= 15 is 0 Å². The van der Waals surface area contributed by atoms with Gasteiger partial charge in [-0.2, -0.15) is 0 Å². The molecule has 0 bridgehead atoms. The summed E-state index contributed by atoms with van der Waals surface area (Å²) in [7, 11) is 0. The van der Waals surface area contributed by atoms with Gasteiger partial charge in [-0.05, 0) is 70.3 Å². The molecule has 5 nitrogen and oxygen atoms in total. The highest BCUT2D eigenvalue weighted by molar-refractivity contribution is 7.98. The number of thioether (sulfide) groups is 1. The van der Waals surface area contributed by atoms with Gasteiger partial charge in [-0.1, -0.05) is 35.5 Å². The van der Waals surface area contributed by atoms with Gasteiger partial charge in [0, 0.05) is 24.8 Å². The van der Waals surface area contributed by atoms with Gasteiger partial charge < -0.3 is 9.30 Å². The van der Waals surface area contributed by atoms with Crippen LogP contribution < -0.4 is 0 Å². The standard InChI is InChI=1S/C24H33FN4OS/c1-3-18(2)15-28-12-10-20(11-13-28)23-26-27-24(29(23)16-22-5-4-14-30-22)31-17-19-6-8-21(25)9-7-19/h3,6-9,20,22H,4-5,10-17H2,1-2H3. The number of nitrogens with zero attached hydrogens (tertiary/aromatic N) is 4. The largest absolute Gasteiger partial charge is 0.376 e. The van der Waals surface area contributed by atoms with E-state index in [1.165, 1.54) is 17.7 Å². The molecule has 0 spiro atoms. The monoisotopic (exact) mass is 444 g/mol. The summed E-state index contributed by atoms with van der Waals surface area (Å²) < 4.78 is 21.5. The molecule has 2 fully saturated rings. The number of hydrogen-bond donors (Lipinski definition) is 0. The third-order valence-electron chi connectivity index (χ3n) is 6.36. The first kappa shape index (κ1) is 22.5. The molecule has 0 aliphatic carbocycles. The molecule has 31 heavy (non-hydrogen) atoms. The van der Waals surface area contributed by atoms with Crippen molar-refractivity contribution in [3.63, 3.8) is 0 Å². The summed E-state index contributed by atoms with van der Waals surface area (Å²) >= 11 is 1.68. The lowest BCUT2D eigenvalue weighted by atomic mass is 9.95. The van der Waals surface area contributed by atoms with Crippen LogP contribution in [0.2, 0.25) is 0 Å². The Morgan fingerprint density at radius 1 is 1.19 bits per heavy atom. The molecule has 1 atom stereocenters. The van der Waals surface area contributed by atoms with Crippen LogP contribution in [0.5, 0.6) is 0 Å². The van der Waals surface area contributed by atoms with Gasteiger partial charge in [0.15, 0.2) is 5.16 Å². The smallest absolute Gasteiger partial charge is 0.191 e. The first-order valence-electron chi connectivity index (χ1n) is 11.4. The van der Waals surface area contributed by atoms with Gasteiger partial charge in [0.25, 0.3) is 0 Å². The maximum atomic E-state index is 13.2. The van der Waals surface area contributed by atoms with E-state index in [4.69, 9.17) is 4.74 Å². The maximum absolute atomic E-state index is 13.2. The highest BCUT2D eigenvalue weighted by Crippen LogP contribution is 2.32. The molecule has 168 valence electrons. The molecule has 0 N–H and O–H groups in total. The Labute approximate surface area is 189 Å². The lowest BCUT2D eigenvalue weighted by molar-refractivity contribution is 0.0932. The number of halogens is 1. The SMILES string of the molecule is CC=C(C)CN1CCC(c2nnc(SCc3ccc(F)cc3)n2CC2CCCO2)CC1. The Bertz CT molecular complexity index is 868. The average molecular weight is 445 g/mol. The van der Waals surface area contributed by atoms with E-state index in [2.05, 4.69) is 39.6 Å². The minimum Gasteiger partial charge on any atom is -0.376 e. The number of hydrogen-bond acceptors (Lipinski definition) is 5. The van der Waals surface area contributed by atoms with Crippen LogP contribution in [0.15, 0.2) is 41.1 Å². The highest BCUT2D eigenvalue weighted by Gasteiger charge is 2.28. The lowest BCUT2D eigenvalue weighted by Gasteiger charge is -2.32. The average Bonchev–Trinajstić information content (AvgIpc) is 3.44. The van der Waals surface area contributed by atoms with Crippen molar-refractivity contribution in [2.24, 2.45) is 0 Å². The lowest BCUT2D eigenvalue weighted by Crippen LogP contribution is -2.35. The van der Waals surface area contributed by atoms with Crippen molar-refractivity contribution in [1.29, 1.82) is 0 Å². The molecule has 1 aromatic carbocycles. The normalized spacial score (nSPS) is 21.1. The summed E-state index contributed by atoms with van der Waals surface area (Å²) in [5.41, 5.74) is 2.52. The Hall–Kier alpha value is -1.70. The molecule has 4 rings (SSSR count). The Kier molecular flexibility index (Phi) is 7.80. The van der Waals surface area contributed by atoms with Crippen LogP contribution in [0, 0.1) is 5.82 Å². The fraction of sp³-hybridized carbons (Fsp3) is 0.583. The predicted molar refractivity (Wildman–Crippen MR) is 123 cm³/mol. The van der Waals surface area contributed by atoms with E-state index in [1.54, 1.807) is 11.8 Å². The van der Waals surface area contributed by atoms with E-state index in [-0.39, 0.29) is 11.9 Å². The maximum Gasteiger partial charge on any atom is 0.191 e. The molecule has 3 heterocycles. The fourth-order valence-electron chi connectivity index (χ4n) is 4.39. The van der Waals surface area contributed by atoms with Gasteiger partial charge in [0.05, 0.1) is 12.6 Å². The first-order valence-corrected chi connectivity index (χ1v) is 12.4. The van der Waals surface area contributed by atoms with Crippen LogP contribution in [-0.2, 0) is 17.0 Å². The summed E-state index contributed by atoms with van der Waals surface area (Å²) in [4.78, 5) is 2.54. The number of allylic oxidation sites excluding steroid dienone is 1. The van der Waals surface area contributed by atoms with Crippen LogP contribution in [-0.4, -0.2) is 52.0 Å². The van der Waals surface area contributed by atoms with Crippen LogP contribution in [0.25, 0.3) is 0 Å². The van der Waals surface area contributed by atoms with E-state index in [9.17, 15) is 4.39 Å². The number of ether oxygens (including phenoxy) is 1. The van der Waals surface area contributed by atoms with Gasteiger partial charge >= 0.3 is 0 Å². The zero-order valence-corrected chi connectivity index (χ0v) is 19.4. The summed E-state index contributed by atoms with van der Waals surface area (Å²) in [6.45, 7) is 9.25. The van der Waals surface area contributed by atoms with E-state index in [1.807, 2.05) is 12.1 Å². The van der Waals surface area contributed by atoms with Crippen molar-refractivity contribution in [2.75, 3.05) is 26.2 Å². The second-order valence-corrected chi connectivity index (χ2v) is 9.63. The van der Waals surface area contributed by atoms with Crippen molar-refractivity contribution in [3.8, 4) is 0 Å². The van der Waals surface area contributed by atoms with Gasteiger partial charge in [-0.3, -0.25) is 4.90 Å². The summed E-state index contributed by atoms with van der Waals surface area (Å²) in [6, 6.07) is 6.71. The van der Waals surface area contributed by atoms with Crippen molar-refractivity contribution >= 4 is 11.8 Å². The van der Waals surface area contributed by atoms with Gasteiger partial charge in [-0.15, -0.1) is 10.2 Å². The van der Waals surface area contributed by atoms with E-state index in [0.29, 0.717) is 5.92 Å². The molecule has 1 unspecified atom stereocenters. The Morgan fingerprint density at radius 3 is 2.65 bits per heavy atom. The zero-order chi connectivity index (χ0) is 21.6. The Balaban J connectivity index is 1.45.